The number of benzene rings is 1. The van der Waals surface area contributed by atoms with Crippen molar-refractivity contribution in [2.45, 2.75) is 6.18 Å². The third kappa shape index (κ3) is 4.28. The number of aromatic nitrogens is 1. The molecule has 0 aliphatic rings. The molecule has 0 bridgehead atoms. The monoisotopic (exact) mass is 311 g/mol. The van der Waals surface area contributed by atoms with Crippen molar-refractivity contribution in [3.63, 3.8) is 0 Å². The van der Waals surface area contributed by atoms with Gasteiger partial charge in [0.2, 0.25) is 5.88 Å². The summed E-state index contributed by atoms with van der Waals surface area (Å²) in [6.07, 6.45) is -3.89. The third-order valence-corrected chi connectivity index (χ3v) is 2.44. The molecular formula is C12H6ClF3NNaO2. The third-order valence-electron chi connectivity index (χ3n) is 2.17. The fourth-order valence-corrected chi connectivity index (χ4v) is 1.48. The maximum absolute atomic E-state index is 12.4. The van der Waals surface area contributed by atoms with Gasteiger partial charge in [0.25, 0.3) is 0 Å². The van der Waals surface area contributed by atoms with Gasteiger partial charge in [-0.3, -0.25) is 0 Å². The van der Waals surface area contributed by atoms with Gasteiger partial charge in [0.1, 0.15) is 10.8 Å². The summed E-state index contributed by atoms with van der Waals surface area (Å²) in [5.41, 5.74) is -0.959. The largest absolute Gasteiger partial charge is 1.00 e. The summed E-state index contributed by atoms with van der Waals surface area (Å²) < 4.78 is 42.4. The smallest absolute Gasteiger partial charge is 0.872 e. The van der Waals surface area contributed by atoms with E-state index in [1.165, 1.54) is 24.3 Å². The average molecular weight is 312 g/mol. The van der Waals surface area contributed by atoms with Crippen LogP contribution in [0.15, 0.2) is 36.5 Å². The Morgan fingerprint density at radius 1 is 1.15 bits per heavy atom. The number of halogens is 4. The number of nitrogens with zero attached hydrogens (tertiary/aromatic N) is 1. The van der Waals surface area contributed by atoms with E-state index in [2.05, 4.69) is 4.98 Å². The van der Waals surface area contributed by atoms with Crippen molar-refractivity contribution < 1.29 is 52.6 Å². The summed E-state index contributed by atoms with van der Waals surface area (Å²) >= 11 is 5.67. The zero-order valence-electron chi connectivity index (χ0n) is 10.2. The predicted molar refractivity (Wildman–Crippen MR) is 60.2 cm³/mol. The van der Waals surface area contributed by atoms with E-state index in [4.69, 9.17) is 16.3 Å². The quantitative estimate of drug-likeness (QED) is 0.764. The Labute approximate surface area is 139 Å². The van der Waals surface area contributed by atoms with Crippen LogP contribution in [0.3, 0.4) is 0 Å². The average Bonchev–Trinajstić information content (AvgIpc) is 2.33. The molecule has 0 unspecified atom stereocenters. The molecular weight excluding hydrogens is 306 g/mol. The van der Waals surface area contributed by atoms with Gasteiger partial charge in [0, 0.05) is 6.20 Å². The molecule has 0 saturated heterocycles. The summed E-state index contributed by atoms with van der Waals surface area (Å²) in [6, 6.07) is 5.99. The first-order valence-electron chi connectivity index (χ1n) is 5.04. The standard InChI is InChI=1S/C12H7ClF3NO2.Na/c13-10-5-7(12(14,15)16)6-17-11(10)19-9-3-1-8(18)2-4-9;/h1-6,18H;/q;+1/p-1. The van der Waals surface area contributed by atoms with Gasteiger partial charge < -0.3 is 9.84 Å². The molecule has 2 aromatic rings. The Bertz CT molecular complexity index is 590. The fourth-order valence-electron chi connectivity index (χ4n) is 1.27. The first-order chi connectivity index (χ1) is 8.86. The van der Waals surface area contributed by atoms with Gasteiger partial charge in [-0.2, -0.15) is 13.2 Å². The Hall–Kier alpha value is -0.950. The minimum absolute atomic E-state index is 0. The van der Waals surface area contributed by atoms with Crippen LogP contribution in [0, 0.1) is 0 Å². The van der Waals surface area contributed by atoms with E-state index in [1.54, 1.807) is 0 Å². The van der Waals surface area contributed by atoms with E-state index < -0.39 is 11.7 Å². The molecule has 0 aliphatic heterocycles. The summed E-state index contributed by atoms with van der Waals surface area (Å²) in [5.74, 6) is -0.110. The van der Waals surface area contributed by atoms with Gasteiger partial charge in [0.05, 0.1) is 5.56 Å². The van der Waals surface area contributed by atoms with Gasteiger partial charge in [-0.15, -0.1) is 5.75 Å². The molecule has 0 N–H and O–H groups in total. The molecule has 8 heteroatoms. The van der Waals surface area contributed by atoms with Crippen molar-refractivity contribution in [3.8, 4) is 17.4 Å². The number of hydrogen-bond acceptors (Lipinski definition) is 3. The van der Waals surface area contributed by atoms with Crippen LogP contribution >= 0.6 is 11.6 Å². The summed E-state index contributed by atoms with van der Waals surface area (Å²) in [5, 5.41) is 10.6. The van der Waals surface area contributed by atoms with Gasteiger partial charge in [-0.1, -0.05) is 23.7 Å². The van der Waals surface area contributed by atoms with E-state index in [-0.39, 0.29) is 52.0 Å². The van der Waals surface area contributed by atoms with Crippen LogP contribution in [0.2, 0.25) is 5.02 Å². The molecule has 0 atom stereocenters. The first kappa shape index (κ1) is 17.1. The molecule has 0 saturated carbocycles. The Kier molecular flexibility index (Phi) is 5.70. The molecule has 1 aromatic carbocycles. The Morgan fingerprint density at radius 2 is 1.75 bits per heavy atom. The fraction of sp³-hybridized carbons (Fsp3) is 0.0833. The minimum Gasteiger partial charge on any atom is -0.872 e. The van der Waals surface area contributed by atoms with E-state index in [0.717, 1.165) is 6.07 Å². The van der Waals surface area contributed by atoms with Gasteiger partial charge in [0.15, 0.2) is 0 Å². The number of rotatable bonds is 2. The molecule has 0 amide bonds. The summed E-state index contributed by atoms with van der Waals surface area (Å²) in [4.78, 5) is 3.51. The molecule has 0 spiro atoms. The first-order valence-corrected chi connectivity index (χ1v) is 5.42. The van der Waals surface area contributed by atoms with E-state index in [0.29, 0.717) is 6.20 Å². The maximum atomic E-state index is 12.4. The topological polar surface area (TPSA) is 45.2 Å². The van der Waals surface area contributed by atoms with E-state index in [9.17, 15) is 18.3 Å². The zero-order valence-corrected chi connectivity index (χ0v) is 13.0. The van der Waals surface area contributed by atoms with Crippen molar-refractivity contribution in [2.75, 3.05) is 0 Å². The maximum Gasteiger partial charge on any atom is 1.00 e. The van der Waals surface area contributed by atoms with Crippen LogP contribution < -0.4 is 39.4 Å². The van der Waals surface area contributed by atoms with Gasteiger partial charge in [-0.25, -0.2) is 4.98 Å². The second-order valence-electron chi connectivity index (χ2n) is 3.58. The van der Waals surface area contributed by atoms with Crippen molar-refractivity contribution in [3.05, 3.63) is 47.1 Å². The number of alkyl halides is 3. The minimum atomic E-state index is -4.51. The molecule has 1 heterocycles. The second-order valence-corrected chi connectivity index (χ2v) is 3.99. The van der Waals surface area contributed by atoms with Crippen LogP contribution in [0.5, 0.6) is 17.4 Å². The normalized spacial score (nSPS) is 10.8. The van der Waals surface area contributed by atoms with Crippen LogP contribution in [0.4, 0.5) is 13.2 Å². The van der Waals surface area contributed by atoms with E-state index >= 15 is 0 Å². The van der Waals surface area contributed by atoms with Gasteiger partial charge in [-0.05, 0) is 18.2 Å². The molecule has 0 fully saturated rings. The van der Waals surface area contributed by atoms with Crippen LogP contribution in [0.1, 0.15) is 5.56 Å². The van der Waals surface area contributed by atoms with Crippen LogP contribution in [-0.2, 0) is 6.18 Å². The van der Waals surface area contributed by atoms with Crippen molar-refractivity contribution >= 4 is 11.6 Å². The van der Waals surface area contributed by atoms with E-state index in [1.807, 2.05) is 0 Å². The van der Waals surface area contributed by atoms with Gasteiger partial charge >= 0.3 is 35.7 Å². The molecule has 1 aromatic heterocycles. The van der Waals surface area contributed by atoms with Crippen molar-refractivity contribution in [2.24, 2.45) is 0 Å². The zero-order chi connectivity index (χ0) is 14.0. The van der Waals surface area contributed by atoms with Crippen LogP contribution in [0.25, 0.3) is 0 Å². The van der Waals surface area contributed by atoms with Crippen molar-refractivity contribution in [1.29, 1.82) is 0 Å². The molecule has 3 nitrogen and oxygen atoms in total. The molecule has 100 valence electrons. The molecule has 0 aliphatic carbocycles. The Morgan fingerprint density at radius 3 is 2.25 bits per heavy atom. The molecule has 2 rings (SSSR count). The number of hydrogen-bond donors (Lipinski definition) is 0. The number of ether oxygens (including phenoxy) is 1. The molecule has 20 heavy (non-hydrogen) atoms. The Balaban J connectivity index is 0.00000200. The predicted octanol–water partition coefficient (Wildman–Crippen LogP) is 0.624. The second kappa shape index (κ2) is 6.67. The molecule has 0 radical (unpaired) electrons. The summed E-state index contributed by atoms with van der Waals surface area (Å²) in [6.45, 7) is 0. The SMILES string of the molecule is [Na+].[O-]c1ccc(Oc2ncc(C(F)(F)F)cc2Cl)cc1. The summed E-state index contributed by atoms with van der Waals surface area (Å²) in [7, 11) is 0. The number of pyridine rings is 1. The van der Waals surface area contributed by atoms with Crippen LogP contribution in [-0.4, -0.2) is 4.98 Å². The van der Waals surface area contributed by atoms with Crippen molar-refractivity contribution in [1.82, 2.24) is 4.98 Å².